The van der Waals surface area contributed by atoms with E-state index in [1.54, 1.807) is 31.6 Å². The van der Waals surface area contributed by atoms with Gasteiger partial charge in [0, 0.05) is 19.9 Å². The molecule has 130 valence electrons. The van der Waals surface area contributed by atoms with Gasteiger partial charge >= 0.3 is 11.9 Å². The van der Waals surface area contributed by atoms with Crippen LogP contribution in [0.25, 0.3) is 0 Å². The first-order chi connectivity index (χ1) is 11.3. The van der Waals surface area contributed by atoms with E-state index in [2.05, 4.69) is 4.99 Å². The van der Waals surface area contributed by atoms with Crippen LogP contribution in [0.2, 0.25) is 0 Å². The Bertz CT molecular complexity index is 665. The summed E-state index contributed by atoms with van der Waals surface area (Å²) in [7, 11) is 3.04. The SMILES string of the molecule is COc1ccc(N=C(SC)C2C(=O)OC(C)(C)OC2=O)c(OC)c1. The molecule has 0 radical (unpaired) electrons. The number of nitrogens with zero attached hydrogens (tertiary/aromatic N) is 1. The highest BCUT2D eigenvalue weighted by Crippen LogP contribution is 2.34. The molecule has 1 fully saturated rings. The van der Waals surface area contributed by atoms with Gasteiger partial charge in [0.05, 0.1) is 19.3 Å². The van der Waals surface area contributed by atoms with E-state index in [1.807, 2.05) is 0 Å². The van der Waals surface area contributed by atoms with Gasteiger partial charge in [-0.3, -0.25) is 9.59 Å². The molecule has 0 spiro atoms. The molecule has 2 rings (SSSR count). The lowest BCUT2D eigenvalue weighted by Crippen LogP contribution is -2.48. The number of benzene rings is 1. The van der Waals surface area contributed by atoms with Gasteiger partial charge in [-0.25, -0.2) is 4.99 Å². The molecule has 1 aromatic carbocycles. The first-order valence-electron chi connectivity index (χ1n) is 7.11. The van der Waals surface area contributed by atoms with Gasteiger partial charge in [0.15, 0.2) is 0 Å². The number of ether oxygens (including phenoxy) is 4. The second kappa shape index (κ2) is 7.12. The lowest BCUT2D eigenvalue weighted by Gasteiger charge is -2.32. The minimum Gasteiger partial charge on any atom is -0.497 e. The van der Waals surface area contributed by atoms with Crippen molar-refractivity contribution in [2.24, 2.45) is 10.9 Å². The lowest BCUT2D eigenvalue weighted by molar-refractivity contribution is -0.235. The Labute approximate surface area is 144 Å². The molecule has 1 aromatic rings. The number of esters is 2. The second-order valence-corrected chi connectivity index (χ2v) is 6.19. The average molecular weight is 353 g/mol. The van der Waals surface area contributed by atoms with Gasteiger partial charge in [-0.15, -0.1) is 11.8 Å². The van der Waals surface area contributed by atoms with Gasteiger partial charge in [0.1, 0.15) is 17.2 Å². The van der Waals surface area contributed by atoms with Gasteiger partial charge in [0.2, 0.25) is 5.92 Å². The van der Waals surface area contributed by atoms with Crippen molar-refractivity contribution in [1.29, 1.82) is 0 Å². The van der Waals surface area contributed by atoms with Crippen molar-refractivity contribution in [2.75, 3.05) is 20.5 Å². The van der Waals surface area contributed by atoms with E-state index >= 15 is 0 Å². The predicted octanol–water partition coefficient (Wildman–Crippen LogP) is 2.55. The molecule has 8 heteroatoms. The Hall–Kier alpha value is -2.22. The van der Waals surface area contributed by atoms with Gasteiger partial charge in [-0.2, -0.15) is 0 Å². The second-order valence-electron chi connectivity index (χ2n) is 5.37. The van der Waals surface area contributed by atoms with Crippen LogP contribution in [0.15, 0.2) is 23.2 Å². The van der Waals surface area contributed by atoms with E-state index in [9.17, 15) is 9.59 Å². The molecule has 0 aromatic heterocycles. The standard InChI is InChI=1S/C16H19NO6S/c1-16(2)22-14(18)12(15(19)23-16)13(24-5)17-10-7-6-9(20-3)8-11(10)21-4/h6-8,12H,1-5H3. The maximum atomic E-state index is 12.2. The number of carbonyl (C=O) groups is 2. The van der Waals surface area contributed by atoms with Crippen molar-refractivity contribution in [3.8, 4) is 11.5 Å². The summed E-state index contributed by atoms with van der Waals surface area (Å²) in [5, 5.41) is 0.268. The molecule has 1 aliphatic rings. The van der Waals surface area contributed by atoms with Gasteiger partial charge < -0.3 is 18.9 Å². The van der Waals surface area contributed by atoms with Gasteiger partial charge in [-0.1, -0.05) is 0 Å². The Morgan fingerprint density at radius 1 is 1.17 bits per heavy atom. The van der Waals surface area contributed by atoms with E-state index < -0.39 is 23.6 Å². The summed E-state index contributed by atoms with van der Waals surface area (Å²) in [5.74, 6) is -2.78. The molecule has 1 heterocycles. The summed E-state index contributed by atoms with van der Waals surface area (Å²) in [6, 6.07) is 5.05. The molecular formula is C16H19NO6S. The fourth-order valence-corrected chi connectivity index (χ4v) is 2.76. The topological polar surface area (TPSA) is 83.4 Å². The molecule has 1 aliphatic heterocycles. The Morgan fingerprint density at radius 2 is 1.79 bits per heavy atom. The van der Waals surface area contributed by atoms with Crippen LogP contribution >= 0.6 is 11.8 Å². The Kier molecular flexibility index (Phi) is 5.38. The van der Waals surface area contributed by atoms with E-state index in [4.69, 9.17) is 18.9 Å². The zero-order valence-corrected chi connectivity index (χ0v) is 14.9. The predicted molar refractivity (Wildman–Crippen MR) is 89.9 cm³/mol. The molecule has 0 unspecified atom stereocenters. The number of cyclic esters (lactones) is 2. The number of hydrogen-bond acceptors (Lipinski definition) is 8. The fourth-order valence-electron chi connectivity index (χ4n) is 2.15. The Morgan fingerprint density at radius 3 is 2.29 bits per heavy atom. The lowest BCUT2D eigenvalue weighted by atomic mass is 10.1. The van der Waals surface area contributed by atoms with Crippen molar-refractivity contribution >= 4 is 34.4 Å². The van der Waals surface area contributed by atoms with Gasteiger partial charge in [-0.05, 0) is 18.4 Å². The largest absolute Gasteiger partial charge is 0.497 e. The highest BCUT2D eigenvalue weighted by Gasteiger charge is 2.46. The quantitative estimate of drug-likeness (QED) is 0.356. The average Bonchev–Trinajstić information content (AvgIpc) is 2.52. The van der Waals surface area contributed by atoms with Crippen molar-refractivity contribution < 1.29 is 28.5 Å². The molecule has 0 atom stereocenters. The monoisotopic (exact) mass is 353 g/mol. The van der Waals surface area contributed by atoms with E-state index in [-0.39, 0.29) is 5.04 Å². The van der Waals surface area contributed by atoms with Gasteiger partial charge in [0.25, 0.3) is 5.79 Å². The first-order valence-corrected chi connectivity index (χ1v) is 8.34. The van der Waals surface area contributed by atoms with Crippen LogP contribution in [0.1, 0.15) is 13.8 Å². The number of thioether (sulfide) groups is 1. The molecule has 0 N–H and O–H groups in total. The summed E-state index contributed by atoms with van der Waals surface area (Å²) in [5.41, 5.74) is 0.466. The molecular weight excluding hydrogens is 334 g/mol. The molecule has 1 saturated heterocycles. The summed E-state index contributed by atoms with van der Waals surface area (Å²) in [6.07, 6.45) is 1.72. The number of methoxy groups -OCH3 is 2. The third-order valence-corrected chi connectivity index (χ3v) is 3.98. The Balaban J connectivity index is 2.39. The van der Waals surface area contributed by atoms with Crippen molar-refractivity contribution in [1.82, 2.24) is 0 Å². The minimum absolute atomic E-state index is 0.268. The van der Waals surface area contributed by atoms with Crippen LogP contribution in [-0.4, -0.2) is 43.2 Å². The van der Waals surface area contributed by atoms with Crippen LogP contribution < -0.4 is 9.47 Å². The molecule has 0 saturated carbocycles. The zero-order chi connectivity index (χ0) is 17.9. The van der Waals surface area contributed by atoms with Crippen LogP contribution in [0.4, 0.5) is 5.69 Å². The fraction of sp³-hybridized carbons (Fsp3) is 0.438. The smallest absolute Gasteiger partial charge is 0.330 e. The highest BCUT2D eigenvalue weighted by molar-refractivity contribution is 8.13. The summed E-state index contributed by atoms with van der Waals surface area (Å²) in [4.78, 5) is 28.8. The number of rotatable bonds is 4. The van der Waals surface area contributed by atoms with E-state index in [1.165, 1.54) is 32.7 Å². The first kappa shape index (κ1) is 18.1. The molecule has 0 aliphatic carbocycles. The van der Waals surface area contributed by atoms with E-state index in [0.29, 0.717) is 17.2 Å². The zero-order valence-electron chi connectivity index (χ0n) is 14.1. The number of hydrogen-bond donors (Lipinski definition) is 0. The van der Waals surface area contributed by atoms with Crippen molar-refractivity contribution in [3.63, 3.8) is 0 Å². The molecule has 24 heavy (non-hydrogen) atoms. The summed E-state index contributed by atoms with van der Waals surface area (Å²) >= 11 is 1.17. The number of carbonyl (C=O) groups excluding carboxylic acids is 2. The highest BCUT2D eigenvalue weighted by atomic mass is 32.2. The summed E-state index contributed by atoms with van der Waals surface area (Å²) in [6.45, 7) is 3.00. The molecule has 0 amide bonds. The molecule has 0 bridgehead atoms. The third kappa shape index (κ3) is 3.81. The normalized spacial score (nSPS) is 18.0. The van der Waals surface area contributed by atoms with E-state index in [0.717, 1.165) is 0 Å². The van der Waals surface area contributed by atoms with Crippen molar-refractivity contribution in [3.05, 3.63) is 18.2 Å². The minimum atomic E-state index is -1.27. The van der Waals surface area contributed by atoms with Crippen LogP contribution in [-0.2, 0) is 19.1 Å². The number of aliphatic imine (C=N–C) groups is 1. The maximum absolute atomic E-state index is 12.2. The van der Waals surface area contributed by atoms with Crippen molar-refractivity contribution in [2.45, 2.75) is 19.6 Å². The van der Waals surface area contributed by atoms with Crippen LogP contribution in [0.3, 0.4) is 0 Å². The van der Waals surface area contributed by atoms with Crippen LogP contribution in [0.5, 0.6) is 11.5 Å². The van der Waals surface area contributed by atoms with Crippen LogP contribution in [0, 0.1) is 5.92 Å². The summed E-state index contributed by atoms with van der Waals surface area (Å²) < 4.78 is 20.7. The third-order valence-electron chi connectivity index (χ3n) is 3.24. The maximum Gasteiger partial charge on any atom is 0.330 e. The molecule has 7 nitrogen and oxygen atoms in total.